The summed E-state index contributed by atoms with van der Waals surface area (Å²) in [7, 11) is 3.41. The van der Waals surface area contributed by atoms with Gasteiger partial charge < -0.3 is 19.7 Å². The average Bonchev–Trinajstić information content (AvgIpc) is 2.45. The summed E-state index contributed by atoms with van der Waals surface area (Å²) in [5.41, 5.74) is -0.644. The number of hydrogen-bond acceptors (Lipinski definition) is 5. The predicted octanol–water partition coefficient (Wildman–Crippen LogP) is 2.73. The van der Waals surface area contributed by atoms with Crippen molar-refractivity contribution in [1.29, 1.82) is 0 Å². The van der Waals surface area contributed by atoms with Gasteiger partial charge in [-0.15, -0.1) is 0 Å². The van der Waals surface area contributed by atoms with Crippen LogP contribution in [-0.4, -0.2) is 55.2 Å². The first-order valence-corrected chi connectivity index (χ1v) is 8.78. The Morgan fingerprint density at radius 2 is 1.68 bits per heavy atom. The molecule has 0 saturated carbocycles. The standard InChI is InChI=1S/C18H34N2O5/c1-13(2)12-24-16(22)14(19-17(23)25-18(3,4)5)10-8-9-11-15(21)20(6)7/h13-14H,8-12H2,1-7H3,(H,19,23). The molecule has 0 aliphatic heterocycles. The van der Waals surface area contributed by atoms with Gasteiger partial charge in [0, 0.05) is 20.5 Å². The van der Waals surface area contributed by atoms with E-state index in [-0.39, 0.29) is 11.8 Å². The number of carbonyl (C=O) groups excluding carboxylic acids is 3. The summed E-state index contributed by atoms with van der Waals surface area (Å²) in [5, 5.41) is 2.58. The number of nitrogens with zero attached hydrogens (tertiary/aromatic N) is 1. The summed E-state index contributed by atoms with van der Waals surface area (Å²) in [5.74, 6) is -0.221. The van der Waals surface area contributed by atoms with Crippen molar-refractivity contribution in [3.05, 3.63) is 0 Å². The Balaban J connectivity index is 4.59. The molecule has 0 spiro atoms. The van der Waals surface area contributed by atoms with Crippen molar-refractivity contribution < 1.29 is 23.9 Å². The molecule has 7 heteroatoms. The van der Waals surface area contributed by atoms with Crippen LogP contribution in [0.4, 0.5) is 4.79 Å². The van der Waals surface area contributed by atoms with E-state index in [1.807, 2.05) is 13.8 Å². The van der Waals surface area contributed by atoms with E-state index in [1.165, 1.54) is 4.90 Å². The molecule has 0 heterocycles. The number of carbonyl (C=O) groups is 3. The zero-order valence-electron chi connectivity index (χ0n) is 16.7. The molecule has 0 aromatic rings. The third-order valence-corrected chi connectivity index (χ3v) is 3.17. The molecule has 0 rings (SSSR count). The smallest absolute Gasteiger partial charge is 0.408 e. The fourth-order valence-corrected chi connectivity index (χ4v) is 1.90. The van der Waals surface area contributed by atoms with Gasteiger partial charge in [-0.2, -0.15) is 0 Å². The van der Waals surface area contributed by atoms with Crippen molar-refractivity contribution in [3.8, 4) is 0 Å². The maximum atomic E-state index is 12.2. The molecule has 2 amide bonds. The lowest BCUT2D eigenvalue weighted by atomic mass is 10.1. The Morgan fingerprint density at radius 3 is 2.16 bits per heavy atom. The zero-order valence-corrected chi connectivity index (χ0v) is 16.7. The molecule has 0 aromatic heterocycles. The van der Waals surface area contributed by atoms with Crippen LogP contribution in [0, 0.1) is 5.92 Å². The fraction of sp³-hybridized carbons (Fsp3) is 0.833. The maximum Gasteiger partial charge on any atom is 0.408 e. The minimum absolute atomic E-state index is 0.0408. The van der Waals surface area contributed by atoms with Gasteiger partial charge in [0.25, 0.3) is 0 Å². The van der Waals surface area contributed by atoms with Gasteiger partial charge in [-0.05, 0) is 39.5 Å². The first kappa shape index (κ1) is 23.2. The molecule has 1 atom stereocenters. The highest BCUT2D eigenvalue weighted by Gasteiger charge is 2.25. The van der Waals surface area contributed by atoms with E-state index in [4.69, 9.17) is 9.47 Å². The number of ether oxygens (including phenoxy) is 2. The number of amides is 2. The minimum Gasteiger partial charge on any atom is -0.464 e. The highest BCUT2D eigenvalue weighted by atomic mass is 16.6. The van der Waals surface area contributed by atoms with E-state index in [9.17, 15) is 14.4 Å². The maximum absolute atomic E-state index is 12.2. The predicted molar refractivity (Wildman–Crippen MR) is 96.1 cm³/mol. The van der Waals surface area contributed by atoms with Crippen LogP contribution in [0.15, 0.2) is 0 Å². The molecule has 25 heavy (non-hydrogen) atoms. The van der Waals surface area contributed by atoms with Gasteiger partial charge in [-0.25, -0.2) is 9.59 Å². The summed E-state index contributed by atoms with van der Waals surface area (Å²) in [6.07, 6.45) is 1.42. The molecule has 0 saturated heterocycles. The van der Waals surface area contributed by atoms with E-state index >= 15 is 0 Å². The summed E-state index contributed by atoms with van der Waals surface area (Å²) >= 11 is 0. The summed E-state index contributed by atoms with van der Waals surface area (Å²) in [6, 6.07) is -0.775. The third-order valence-electron chi connectivity index (χ3n) is 3.17. The van der Waals surface area contributed by atoms with E-state index in [0.29, 0.717) is 32.3 Å². The normalized spacial score (nSPS) is 12.5. The van der Waals surface area contributed by atoms with Crippen LogP contribution in [0.3, 0.4) is 0 Å². The van der Waals surface area contributed by atoms with Crippen LogP contribution in [0.25, 0.3) is 0 Å². The highest BCUT2D eigenvalue weighted by molar-refractivity contribution is 5.81. The molecule has 146 valence electrons. The molecule has 0 aromatic carbocycles. The lowest BCUT2D eigenvalue weighted by Crippen LogP contribution is -2.44. The first-order valence-electron chi connectivity index (χ1n) is 8.78. The van der Waals surface area contributed by atoms with Crippen molar-refractivity contribution in [2.75, 3.05) is 20.7 Å². The van der Waals surface area contributed by atoms with Crippen LogP contribution in [0.2, 0.25) is 0 Å². The largest absolute Gasteiger partial charge is 0.464 e. The number of hydrogen-bond donors (Lipinski definition) is 1. The average molecular weight is 358 g/mol. The van der Waals surface area contributed by atoms with Crippen molar-refractivity contribution in [3.63, 3.8) is 0 Å². The van der Waals surface area contributed by atoms with Gasteiger partial charge in [0.15, 0.2) is 0 Å². The summed E-state index contributed by atoms with van der Waals surface area (Å²) < 4.78 is 10.4. The molecule has 1 unspecified atom stereocenters. The first-order chi connectivity index (χ1) is 11.4. The fourth-order valence-electron chi connectivity index (χ4n) is 1.90. The van der Waals surface area contributed by atoms with Crippen LogP contribution >= 0.6 is 0 Å². The van der Waals surface area contributed by atoms with E-state index in [1.54, 1.807) is 34.9 Å². The molecule has 7 nitrogen and oxygen atoms in total. The van der Waals surface area contributed by atoms with Crippen molar-refractivity contribution >= 4 is 18.0 Å². The van der Waals surface area contributed by atoms with Gasteiger partial charge in [0.1, 0.15) is 11.6 Å². The Morgan fingerprint density at radius 1 is 1.08 bits per heavy atom. The molecule has 0 aliphatic carbocycles. The number of esters is 1. The Hall–Kier alpha value is -1.79. The van der Waals surface area contributed by atoms with E-state index in [2.05, 4.69) is 5.32 Å². The monoisotopic (exact) mass is 358 g/mol. The number of unbranched alkanes of at least 4 members (excludes halogenated alkanes) is 1. The second-order valence-corrected chi connectivity index (χ2v) is 7.76. The van der Waals surface area contributed by atoms with Crippen molar-refractivity contribution in [2.45, 2.75) is 71.9 Å². The van der Waals surface area contributed by atoms with Crippen molar-refractivity contribution in [1.82, 2.24) is 10.2 Å². The second-order valence-electron chi connectivity index (χ2n) is 7.76. The van der Waals surface area contributed by atoms with Gasteiger partial charge in [-0.3, -0.25) is 4.79 Å². The SMILES string of the molecule is CC(C)COC(=O)C(CCCCC(=O)N(C)C)NC(=O)OC(C)(C)C. The third kappa shape index (κ3) is 12.3. The molecule has 0 fully saturated rings. The summed E-state index contributed by atoms with van der Waals surface area (Å²) in [4.78, 5) is 37.3. The zero-order chi connectivity index (χ0) is 19.6. The Labute approximate surface area is 151 Å². The van der Waals surface area contributed by atoms with Gasteiger partial charge in [-0.1, -0.05) is 20.3 Å². The molecular weight excluding hydrogens is 324 g/mol. The van der Waals surface area contributed by atoms with Gasteiger partial charge in [0.2, 0.25) is 5.91 Å². The van der Waals surface area contributed by atoms with Gasteiger partial charge >= 0.3 is 12.1 Å². The number of rotatable bonds is 9. The van der Waals surface area contributed by atoms with E-state index in [0.717, 1.165) is 0 Å². The molecule has 0 aliphatic rings. The second kappa shape index (κ2) is 10.9. The Bertz CT molecular complexity index is 441. The van der Waals surface area contributed by atoms with E-state index < -0.39 is 23.7 Å². The molecule has 1 N–H and O–H groups in total. The quantitative estimate of drug-likeness (QED) is 0.506. The lowest BCUT2D eigenvalue weighted by molar-refractivity contribution is -0.147. The van der Waals surface area contributed by atoms with Gasteiger partial charge in [0.05, 0.1) is 6.61 Å². The number of alkyl carbamates (subject to hydrolysis) is 1. The van der Waals surface area contributed by atoms with Crippen LogP contribution in [-0.2, 0) is 19.1 Å². The highest BCUT2D eigenvalue weighted by Crippen LogP contribution is 2.10. The van der Waals surface area contributed by atoms with Crippen LogP contribution < -0.4 is 5.32 Å². The number of nitrogens with one attached hydrogen (secondary N) is 1. The van der Waals surface area contributed by atoms with Crippen LogP contribution in [0.1, 0.15) is 60.3 Å². The van der Waals surface area contributed by atoms with Crippen molar-refractivity contribution in [2.24, 2.45) is 5.92 Å². The molecule has 0 radical (unpaired) electrons. The molecular formula is C18H34N2O5. The Kier molecular flexibility index (Phi) is 10.2. The lowest BCUT2D eigenvalue weighted by Gasteiger charge is -2.23. The summed E-state index contributed by atoms with van der Waals surface area (Å²) in [6.45, 7) is 9.44. The topological polar surface area (TPSA) is 84.9 Å². The minimum atomic E-state index is -0.775. The molecule has 0 bridgehead atoms. The van der Waals surface area contributed by atoms with Crippen LogP contribution in [0.5, 0.6) is 0 Å².